The maximum Gasteiger partial charge on any atom is 0.264 e. The van der Waals surface area contributed by atoms with Gasteiger partial charge in [0.25, 0.3) is 5.56 Å². The molecular formula is C21H25N5O2. The summed E-state index contributed by atoms with van der Waals surface area (Å²) in [6.45, 7) is 2.12. The molecule has 0 spiro atoms. The second-order valence-electron chi connectivity index (χ2n) is 7.40. The van der Waals surface area contributed by atoms with E-state index in [9.17, 15) is 9.59 Å². The van der Waals surface area contributed by atoms with Crippen molar-refractivity contribution in [2.24, 2.45) is 0 Å². The molecule has 2 aromatic heterocycles. The number of carbonyl (C=O) groups is 1. The first-order chi connectivity index (χ1) is 13.6. The molecule has 1 amide bonds. The molecular weight excluding hydrogens is 354 g/mol. The molecule has 0 radical (unpaired) electrons. The maximum atomic E-state index is 12.9. The van der Waals surface area contributed by atoms with E-state index < -0.39 is 0 Å². The first kappa shape index (κ1) is 18.4. The number of aryl methyl sites for hydroxylation is 1. The van der Waals surface area contributed by atoms with Crippen molar-refractivity contribution >= 4 is 16.9 Å². The first-order valence-electron chi connectivity index (χ1n) is 9.93. The van der Waals surface area contributed by atoms with Gasteiger partial charge in [-0.3, -0.25) is 14.2 Å². The van der Waals surface area contributed by atoms with Gasteiger partial charge in [0.05, 0.1) is 11.9 Å². The largest absolute Gasteiger partial charge is 0.353 e. The highest BCUT2D eigenvalue weighted by molar-refractivity contribution is 5.77. The molecule has 1 aromatic carbocycles. The summed E-state index contributed by atoms with van der Waals surface area (Å²) in [4.78, 5) is 29.8. The van der Waals surface area contributed by atoms with Crippen LogP contribution in [0.1, 0.15) is 44.3 Å². The molecule has 0 atom stereocenters. The van der Waals surface area contributed by atoms with Crippen LogP contribution in [0.5, 0.6) is 0 Å². The van der Waals surface area contributed by atoms with Gasteiger partial charge in [-0.25, -0.2) is 9.67 Å². The summed E-state index contributed by atoms with van der Waals surface area (Å²) in [7, 11) is 0. The van der Waals surface area contributed by atoms with Gasteiger partial charge in [-0.2, -0.15) is 5.10 Å². The summed E-state index contributed by atoms with van der Waals surface area (Å²) < 4.78 is 3.24. The highest BCUT2D eigenvalue weighted by Gasteiger charge is 2.17. The zero-order valence-corrected chi connectivity index (χ0v) is 16.1. The fourth-order valence-corrected chi connectivity index (χ4v) is 3.89. The van der Waals surface area contributed by atoms with E-state index in [4.69, 9.17) is 0 Å². The van der Waals surface area contributed by atoms with Crippen LogP contribution >= 0.6 is 0 Å². The molecule has 28 heavy (non-hydrogen) atoms. The van der Waals surface area contributed by atoms with E-state index in [2.05, 4.69) is 15.4 Å². The molecule has 3 aromatic rings. The Morgan fingerprint density at radius 1 is 1.18 bits per heavy atom. The van der Waals surface area contributed by atoms with Crippen LogP contribution in [0.2, 0.25) is 0 Å². The van der Waals surface area contributed by atoms with Gasteiger partial charge >= 0.3 is 0 Å². The highest BCUT2D eigenvalue weighted by Crippen LogP contribution is 2.17. The third-order valence-electron chi connectivity index (χ3n) is 5.41. The van der Waals surface area contributed by atoms with Crippen molar-refractivity contribution in [1.82, 2.24) is 24.6 Å². The third-order valence-corrected chi connectivity index (χ3v) is 5.41. The predicted molar refractivity (Wildman–Crippen MR) is 107 cm³/mol. The predicted octanol–water partition coefficient (Wildman–Crippen LogP) is 2.73. The molecule has 1 N–H and O–H groups in total. The molecule has 1 aliphatic carbocycles. The van der Waals surface area contributed by atoms with E-state index in [0.717, 1.165) is 18.5 Å². The van der Waals surface area contributed by atoms with Crippen LogP contribution in [0.25, 0.3) is 16.7 Å². The Labute approximate surface area is 163 Å². The van der Waals surface area contributed by atoms with Crippen molar-refractivity contribution in [2.45, 2.75) is 58.0 Å². The number of amides is 1. The van der Waals surface area contributed by atoms with E-state index in [1.165, 1.54) is 19.3 Å². The van der Waals surface area contributed by atoms with Gasteiger partial charge in [0.15, 0.2) is 5.65 Å². The van der Waals surface area contributed by atoms with Crippen LogP contribution in [-0.4, -0.2) is 31.3 Å². The fourth-order valence-electron chi connectivity index (χ4n) is 3.89. The van der Waals surface area contributed by atoms with Gasteiger partial charge < -0.3 is 5.32 Å². The van der Waals surface area contributed by atoms with Crippen molar-refractivity contribution in [3.8, 4) is 5.69 Å². The number of para-hydroxylation sites is 1. The molecule has 1 aliphatic rings. The van der Waals surface area contributed by atoms with Gasteiger partial charge in [-0.05, 0) is 31.9 Å². The molecule has 0 saturated heterocycles. The molecule has 146 valence electrons. The molecule has 2 heterocycles. The molecule has 0 aliphatic heterocycles. The summed E-state index contributed by atoms with van der Waals surface area (Å²) in [5.41, 5.74) is 1.24. The second-order valence-corrected chi connectivity index (χ2v) is 7.40. The van der Waals surface area contributed by atoms with E-state index in [1.807, 2.05) is 30.3 Å². The summed E-state index contributed by atoms with van der Waals surface area (Å²) in [6, 6.07) is 9.89. The van der Waals surface area contributed by atoms with Crippen molar-refractivity contribution in [3.05, 3.63) is 52.7 Å². The Balaban J connectivity index is 1.53. The molecule has 1 saturated carbocycles. The number of nitrogens with zero attached hydrogens (tertiary/aromatic N) is 4. The van der Waals surface area contributed by atoms with E-state index in [0.29, 0.717) is 23.4 Å². The van der Waals surface area contributed by atoms with Gasteiger partial charge in [0.2, 0.25) is 5.91 Å². The molecule has 1 fully saturated rings. The van der Waals surface area contributed by atoms with E-state index in [-0.39, 0.29) is 23.9 Å². The minimum atomic E-state index is -0.157. The van der Waals surface area contributed by atoms with E-state index in [1.54, 1.807) is 22.4 Å². The van der Waals surface area contributed by atoms with Gasteiger partial charge in [0, 0.05) is 19.0 Å². The summed E-state index contributed by atoms with van der Waals surface area (Å²) in [6.07, 6.45) is 7.54. The van der Waals surface area contributed by atoms with Crippen LogP contribution in [0.15, 0.2) is 41.3 Å². The lowest BCUT2D eigenvalue weighted by Gasteiger charge is -2.22. The lowest BCUT2D eigenvalue weighted by molar-refractivity contribution is -0.122. The zero-order chi connectivity index (χ0) is 19.5. The smallest absolute Gasteiger partial charge is 0.264 e. The number of hydrogen-bond acceptors (Lipinski definition) is 4. The van der Waals surface area contributed by atoms with Crippen LogP contribution in [-0.2, 0) is 11.3 Å². The fraction of sp³-hybridized carbons (Fsp3) is 0.429. The summed E-state index contributed by atoms with van der Waals surface area (Å²) in [5, 5.41) is 7.90. The molecule has 7 heteroatoms. The zero-order valence-electron chi connectivity index (χ0n) is 16.1. The topological polar surface area (TPSA) is 81.8 Å². The van der Waals surface area contributed by atoms with Gasteiger partial charge in [0.1, 0.15) is 11.2 Å². The molecule has 7 nitrogen and oxygen atoms in total. The Kier molecular flexibility index (Phi) is 5.23. The van der Waals surface area contributed by atoms with Crippen LogP contribution in [0, 0.1) is 6.92 Å². The van der Waals surface area contributed by atoms with Crippen LogP contribution < -0.4 is 10.9 Å². The number of aromatic nitrogens is 4. The Morgan fingerprint density at radius 2 is 1.93 bits per heavy atom. The molecule has 0 unspecified atom stereocenters. The average molecular weight is 379 g/mol. The van der Waals surface area contributed by atoms with Crippen LogP contribution in [0.4, 0.5) is 0 Å². The van der Waals surface area contributed by atoms with E-state index >= 15 is 0 Å². The normalized spacial score (nSPS) is 15.0. The SMILES string of the molecule is Cc1nc2c(cnn2-c2ccccc2)c(=O)n1CCC(=O)NC1CCCCC1. The minimum Gasteiger partial charge on any atom is -0.353 e. The molecule has 4 rings (SSSR count). The van der Waals surface area contributed by atoms with Crippen molar-refractivity contribution < 1.29 is 4.79 Å². The quantitative estimate of drug-likeness (QED) is 0.739. The summed E-state index contributed by atoms with van der Waals surface area (Å²) in [5.74, 6) is 0.582. The lowest BCUT2D eigenvalue weighted by atomic mass is 9.95. The number of benzene rings is 1. The third kappa shape index (κ3) is 3.69. The number of hydrogen-bond donors (Lipinski definition) is 1. The lowest BCUT2D eigenvalue weighted by Crippen LogP contribution is -2.37. The highest BCUT2D eigenvalue weighted by atomic mass is 16.2. The number of nitrogens with one attached hydrogen (secondary N) is 1. The number of fused-ring (bicyclic) bond motifs is 1. The first-order valence-corrected chi connectivity index (χ1v) is 9.93. The van der Waals surface area contributed by atoms with Crippen LogP contribution in [0.3, 0.4) is 0 Å². The second kappa shape index (κ2) is 7.96. The maximum absolute atomic E-state index is 12.9. The standard InChI is InChI=1S/C21H25N5O2/c1-15-23-20-18(14-22-26(20)17-10-6-3-7-11-17)21(28)25(15)13-12-19(27)24-16-8-4-2-5-9-16/h3,6-7,10-11,14,16H,2,4-5,8-9,12-13H2,1H3,(H,24,27). The average Bonchev–Trinajstić information content (AvgIpc) is 3.13. The van der Waals surface area contributed by atoms with Crippen molar-refractivity contribution in [1.29, 1.82) is 0 Å². The molecule has 0 bridgehead atoms. The van der Waals surface area contributed by atoms with Gasteiger partial charge in [-0.15, -0.1) is 0 Å². The van der Waals surface area contributed by atoms with Crippen molar-refractivity contribution in [2.75, 3.05) is 0 Å². The minimum absolute atomic E-state index is 0.00159. The monoisotopic (exact) mass is 379 g/mol. The Morgan fingerprint density at radius 3 is 2.68 bits per heavy atom. The Bertz CT molecular complexity index is 1030. The van der Waals surface area contributed by atoms with Crippen molar-refractivity contribution in [3.63, 3.8) is 0 Å². The Hall–Kier alpha value is -2.96. The summed E-state index contributed by atoms with van der Waals surface area (Å²) >= 11 is 0. The number of carbonyl (C=O) groups excluding carboxylic acids is 1. The van der Waals surface area contributed by atoms with Gasteiger partial charge in [-0.1, -0.05) is 37.5 Å². The number of rotatable bonds is 5.